The molecule has 1 aromatic rings. The summed E-state index contributed by atoms with van der Waals surface area (Å²) in [4.78, 5) is 11.3. The van der Waals surface area contributed by atoms with Gasteiger partial charge in [-0.3, -0.25) is 0 Å². The summed E-state index contributed by atoms with van der Waals surface area (Å²) < 4.78 is 18.0. The van der Waals surface area contributed by atoms with Gasteiger partial charge in [0.1, 0.15) is 5.82 Å². The van der Waals surface area contributed by atoms with Crippen molar-refractivity contribution in [3.63, 3.8) is 0 Å². The molecule has 76 valence electrons. The van der Waals surface area contributed by atoms with E-state index >= 15 is 0 Å². The Bertz CT molecular complexity index is 339. The number of ether oxygens (including phenoxy) is 1. The number of halogens is 2. The number of esters is 1. The molecule has 0 N–H and O–H groups in total. The van der Waals surface area contributed by atoms with Crippen LogP contribution in [0.5, 0.6) is 0 Å². The molecule has 0 heterocycles. The van der Waals surface area contributed by atoms with Crippen LogP contribution in [0.2, 0.25) is 0 Å². The number of carbonyl (C=O) groups is 1. The Kier molecular flexibility index (Phi) is 3.89. The normalized spacial score (nSPS) is 9.93. The van der Waals surface area contributed by atoms with E-state index in [9.17, 15) is 9.18 Å². The number of alkyl halides is 1. The first-order chi connectivity index (χ1) is 6.70. The maximum Gasteiger partial charge on any atom is 0.341 e. The molecule has 0 bridgehead atoms. The van der Waals surface area contributed by atoms with Crippen LogP contribution >= 0.6 is 11.6 Å². The van der Waals surface area contributed by atoms with Crippen molar-refractivity contribution in [2.45, 2.75) is 12.8 Å². The van der Waals surface area contributed by atoms with Gasteiger partial charge >= 0.3 is 5.97 Å². The average Bonchev–Trinajstić information content (AvgIpc) is 2.17. The van der Waals surface area contributed by atoms with Gasteiger partial charge in [-0.1, -0.05) is 12.1 Å². The molecule has 0 spiro atoms. The standard InChI is InChI=1S/C10H10ClFO2/c1-2-14-10(13)9-7(6-11)4-3-5-8(9)12/h3-5H,2,6H2,1H3. The molecule has 0 aromatic heterocycles. The molecule has 0 unspecified atom stereocenters. The van der Waals surface area contributed by atoms with Gasteiger partial charge in [-0.2, -0.15) is 0 Å². The highest BCUT2D eigenvalue weighted by atomic mass is 35.5. The molecule has 2 nitrogen and oxygen atoms in total. The van der Waals surface area contributed by atoms with Gasteiger partial charge in [0, 0.05) is 5.88 Å². The number of carbonyl (C=O) groups excluding carboxylic acids is 1. The van der Waals surface area contributed by atoms with E-state index in [0.29, 0.717) is 5.56 Å². The fourth-order valence-electron chi connectivity index (χ4n) is 1.11. The van der Waals surface area contributed by atoms with Crippen molar-refractivity contribution in [1.82, 2.24) is 0 Å². The molecule has 0 saturated carbocycles. The Labute approximate surface area is 86.6 Å². The lowest BCUT2D eigenvalue weighted by Gasteiger charge is -2.06. The van der Waals surface area contributed by atoms with Gasteiger partial charge < -0.3 is 4.74 Å². The minimum atomic E-state index is -0.666. The van der Waals surface area contributed by atoms with Crippen LogP contribution in [-0.4, -0.2) is 12.6 Å². The highest BCUT2D eigenvalue weighted by Crippen LogP contribution is 2.16. The molecule has 0 fully saturated rings. The molecule has 0 aliphatic rings. The van der Waals surface area contributed by atoms with Crippen LogP contribution < -0.4 is 0 Å². The quantitative estimate of drug-likeness (QED) is 0.574. The molecule has 14 heavy (non-hydrogen) atoms. The lowest BCUT2D eigenvalue weighted by Crippen LogP contribution is -2.10. The third-order valence-electron chi connectivity index (χ3n) is 1.72. The summed E-state index contributed by atoms with van der Waals surface area (Å²) >= 11 is 5.57. The van der Waals surface area contributed by atoms with E-state index in [0.717, 1.165) is 0 Å². The Morgan fingerprint density at radius 1 is 1.57 bits per heavy atom. The number of hydrogen-bond acceptors (Lipinski definition) is 2. The van der Waals surface area contributed by atoms with Crippen LogP contribution in [0.25, 0.3) is 0 Å². The maximum atomic E-state index is 13.3. The second-order valence-electron chi connectivity index (χ2n) is 2.63. The highest BCUT2D eigenvalue weighted by molar-refractivity contribution is 6.17. The number of rotatable bonds is 3. The van der Waals surface area contributed by atoms with E-state index in [1.54, 1.807) is 13.0 Å². The van der Waals surface area contributed by atoms with Gasteiger partial charge in [0.05, 0.1) is 12.2 Å². The molecule has 0 atom stereocenters. The molecule has 0 aliphatic carbocycles. The van der Waals surface area contributed by atoms with Gasteiger partial charge in [0.15, 0.2) is 0 Å². The van der Waals surface area contributed by atoms with Crippen molar-refractivity contribution in [2.24, 2.45) is 0 Å². The first-order valence-corrected chi connectivity index (χ1v) is 4.74. The average molecular weight is 217 g/mol. The maximum absolute atomic E-state index is 13.3. The molecule has 0 radical (unpaired) electrons. The second kappa shape index (κ2) is 4.96. The number of hydrogen-bond donors (Lipinski definition) is 0. The van der Waals surface area contributed by atoms with Crippen LogP contribution in [-0.2, 0) is 10.6 Å². The lowest BCUT2D eigenvalue weighted by molar-refractivity contribution is 0.0520. The van der Waals surface area contributed by atoms with Crippen LogP contribution in [0.1, 0.15) is 22.8 Å². The van der Waals surface area contributed by atoms with Crippen molar-refractivity contribution in [3.05, 3.63) is 35.1 Å². The monoisotopic (exact) mass is 216 g/mol. The summed E-state index contributed by atoms with van der Waals surface area (Å²) in [6, 6.07) is 4.32. The van der Waals surface area contributed by atoms with E-state index in [-0.39, 0.29) is 18.1 Å². The molecule has 0 saturated heterocycles. The van der Waals surface area contributed by atoms with E-state index < -0.39 is 11.8 Å². The van der Waals surface area contributed by atoms with Gasteiger partial charge in [-0.25, -0.2) is 9.18 Å². The lowest BCUT2D eigenvalue weighted by atomic mass is 10.1. The fraction of sp³-hybridized carbons (Fsp3) is 0.300. The van der Waals surface area contributed by atoms with Gasteiger partial charge in [-0.15, -0.1) is 11.6 Å². The highest BCUT2D eigenvalue weighted by Gasteiger charge is 2.16. The van der Waals surface area contributed by atoms with Crippen LogP contribution in [0.4, 0.5) is 4.39 Å². The van der Waals surface area contributed by atoms with Crippen molar-refractivity contribution in [3.8, 4) is 0 Å². The third kappa shape index (κ3) is 2.23. The van der Waals surface area contributed by atoms with Gasteiger partial charge in [0.2, 0.25) is 0 Å². The van der Waals surface area contributed by atoms with E-state index in [4.69, 9.17) is 16.3 Å². The molecule has 0 amide bonds. The smallest absolute Gasteiger partial charge is 0.341 e. The Balaban J connectivity index is 3.10. The molecular formula is C10H10ClFO2. The van der Waals surface area contributed by atoms with Crippen molar-refractivity contribution in [2.75, 3.05) is 6.61 Å². The molecule has 0 aliphatic heterocycles. The Morgan fingerprint density at radius 3 is 2.86 bits per heavy atom. The largest absolute Gasteiger partial charge is 0.462 e. The summed E-state index contributed by atoms with van der Waals surface area (Å²) in [6.07, 6.45) is 0. The summed E-state index contributed by atoms with van der Waals surface area (Å²) in [7, 11) is 0. The van der Waals surface area contributed by atoms with E-state index in [2.05, 4.69) is 0 Å². The zero-order chi connectivity index (χ0) is 10.6. The molecule has 1 rings (SSSR count). The van der Waals surface area contributed by atoms with E-state index in [1.165, 1.54) is 12.1 Å². The van der Waals surface area contributed by atoms with Crippen molar-refractivity contribution < 1.29 is 13.9 Å². The number of benzene rings is 1. The fourth-order valence-corrected chi connectivity index (χ4v) is 1.33. The van der Waals surface area contributed by atoms with Crippen LogP contribution in [0.15, 0.2) is 18.2 Å². The predicted molar refractivity (Wildman–Crippen MR) is 51.9 cm³/mol. The van der Waals surface area contributed by atoms with Gasteiger partial charge in [-0.05, 0) is 18.6 Å². The van der Waals surface area contributed by atoms with Crippen molar-refractivity contribution in [1.29, 1.82) is 0 Å². The summed E-state index contributed by atoms with van der Waals surface area (Å²) in [5, 5.41) is 0. The molecular weight excluding hydrogens is 207 g/mol. The Hall–Kier alpha value is -1.09. The SMILES string of the molecule is CCOC(=O)c1c(F)cccc1CCl. The van der Waals surface area contributed by atoms with E-state index in [1.807, 2.05) is 0 Å². The summed E-state index contributed by atoms with van der Waals surface area (Å²) in [5.41, 5.74) is 0.384. The van der Waals surface area contributed by atoms with Crippen LogP contribution in [0, 0.1) is 5.82 Å². The second-order valence-corrected chi connectivity index (χ2v) is 2.90. The topological polar surface area (TPSA) is 26.3 Å². The summed E-state index contributed by atoms with van der Waals surface area (Å²) in [6.45, 7) is 1.88. The minimum absolute atomic E-state index is 0.0654. The zero-order valence-electron chi connectivity index (χ0n) is 7.72. The van der Waals surface area contributed by atoms with Gasteiger partial charge in [0.25, 0.3) is 0 Å². The summed E-state index contributed by atoms with van der Waals surface area (Å²) in [5.74, 6) is -1.17. The Morgan fingerprint density at radius 2 is 2.29 bits per heavy atom. The predicted octanol–water partition coefficient (Wildman–Crippen LogP) is 2.74. The zero-order valence-corrected chi connectivity index (χ0v) is 8.47. The first-order valence-electron chi connectivity index (χ1n) is 4.21. The molecule has 1 aromatic carbocycles. The first kappa shape index (κ1) is 11.0. The third-order valence-corrected chi connectivity index (χ3v) is 2.01. The van der Waals surface area contributed by atoms with Crippen molar-refractivity contribution >= 4 is 17.6 Å². The van der Waals surface area contributed by atoms with Crippen LogP contribution in [0.3, 0.4) is 0 Å². The molecule has 4 heteroatoms. The minimum Gasteiger partial charge on any atom is -0.462 e.